The normalized spacial score (nSPS) is 11.9. The minimum Gasteiger partial charge on any atom is -0.363 e. The Bertz CT molecular complexity index is 1050. The Labute approximate surface area is 157 Å². The van der Waals surface area contributed by atoms with Gasteiger partial charge in [-0.05, 0) is 48.9 Å². The zero-order valence-electron chi connectivity index (χ0n) is 14.9. The molecule has 4 rings (SSSR count). The molecule has 0 saturated carbocycles. The van der Waals surface area contributed by atoms with Crippen LogP contribution in [-0.4, -0.2) is 9.97 Å². The minimum absolute atomic E-state index is 0.0863. The third-order valence-electron chi connectivity index (χ3n) is 4.36. The average Bonchev–Trinajstić information content (AvgIpc) is 2.70. The van der Waals surface area contributed by atoms with E-state index in [1.165, 1.54) is 17.7 Å². The molecule has 0 saturated heterocycles. The van der Waals surface area contributed by atoms with E-state index in [0.29, 0.717) is 5.95 Å². The Morgan fingerprint density at radius 3 is 2.30 bits per heavy atom. The van der Waals surface area contributed by atoms with Crippen molar-refractivity contribution >= 4 is 28.4 Å². The molecule has 0 aliphatic carbocycles. The number of hydrogen-bond donors (Lipinski definition) is 2. The smallest absolute Gasteiger partial charge is 0.229 e. The molecule has 0 amide bonds. The van der Waals surface area contributed by atoms with Crippen molar-refractivity contribution < 1.29 is 4.39 Å². The third-order valence-corrected chi connectivity index (χ3v) is 4.36. The molecular formula is C22H19FN4. The zero-order valence-corrected chi connectivity index (χ0v) is 14.9. The van der Waals surface area contributed by atoms with Crippen LogP contribution < -0.4 is 10.6 Å². The van der Waals surface area contributed by atoms with Crippen molar-refractivity contribution in [2.24, 2.45) is 0 Å². The van der Waals surface area contributed by atoms with Crippen LogP contribution in [0.25, 0.3) is 10.9 Å². The van der Waals surface area contributed by atoms with Gasteiger partial charge in [-0.2, -0.15) is 4.98 Å². The first-order valence-electron chi connectivity index (χ1n) is 8.80. The SMILES string of the molecule is CC(Nc1nc(Nc2ccc(F)cc2)nc2ccccc12)c1ccccc1. The van der Waals surface area contributed by atoms with Gasteiger partial charge in [0.15, 0.2) is 0 Å². The van der Waals surface area contributed by atoms with E-state index in [9.17, 15) is 4.39 Å². The van der Waals surface area contributed by atoms with Gasteiger partial charge in [-0.1, -0.05) is 42.5 Å². The van der Waals surface area contributed by atoms with Crippen LogP contribution in [0.1, 0.15) is 18.5 Å². The van der Waals surface area contributed by atoms with Crippen molar-refractivity contribution in [3.8, 4) is 0 Å². The van der Waals surface area contributed by atoms with Gasteiger partial charge in [0, 0.05) is 17.1 Å². The molecular weight excluding hydrogens is 339 g/mol. The van der Waals surface area contributed by atoms with Crippen LogP contribution in [-0.2, 0) is 0 Å². The molecule has 0 fully saturated rings. The summed E-state index contributed by atoms with van der Waals surface area (Å²) in [5.74, 6) is 0.934. The Morgan fingerprint density at radius 2 is 1.52 bits per heavy atom. The molecule has 27 heavy (non-hydrogen) atoms. The van der Waals surface area contributed by atoms with E-state index >= 15 is 0 Å². The number of rotatable bonds is 5. The summed E-state index contributed by atoms with van der Waals surface area (Å²) in [6.07, 6.45) is 0. The number of halogens is 1. The first-order chi connectivity index (χ1) is 13.2. The maximum Gasteiger partial charge on any atom is 0.229 e. The number of hydrogen-bond acceptors (Lipinski definition) is 4. The molecule has 0 spiro atoms. The highest BCUT2D eigenvalue weighted by molar-refractivity contribution is 5.90. The number of aromatic nitrogens is 2. The Morgan fingerprint density at radius 1 is 0.815 bits per heavy atom. The highest BCUT2D eigenvalue weighted by Gasteiger charge is 2.11. The maximum atomic E-state index is 13.1. The number of nitrogens with zero attached hydrogens (tertiary/aromatic N) is 2. The molecule has 1 heterocycles. The number of nitrogens with one attached hydrogen (secondary N) is 2. The fraction of sp³-hybridized carbons (Fsp3) is 0.0909. The van der Waals surface area contributed by atoms with Crippen molar-refractivity contribution in [3.05, 3.63) is 90.2 Å². The minimum atomic E-state index is -0.279. The second-order valence-corrected chi connectivity index (χ2v) is 6.32. The van der Waals surface area contributed by atoms with Crippen molar-refractivity contribution in [1.29, 1.82) is 0 Å². The predicted molar refractivity (Wildman–Crippen MR) is 108 cm³/mol. The summed E-state index contributed by atoms with van der Waals surface area (Å²) in [6.45, 7) is 2.10. The lowest BCUT2D eigenvalue weighted by atomic mass is 10.1. The molecule has 3 aromatic carbocycles. The highest BCUT2D eigenvalue weighted by Crippen LogP contribution is 2.27. The van der Waals surface area contributed by atoms with Gasteiger partial charge < -0.3 is 10.6 Å². The summed E-state index contributed by atoms with van der Waals surface area (Å²) in [6, 6.07) is 24.3. The molecule has 1 aromatic heterocycles. The topological polar surface area (TPSA) is 49.8 Å². The number of anilines is 3. The first kappa shape index (κ1) is 17.0. The number of para-hydroxylation sites is 1. The molecule has 0 aliphatic rings. The van der Waals surface area contributed by atoms with Crippen LogP contribution in [0.5, 0.6) is 0 Å². The molecule has 0 bridgehead atoms. The first-order valence-corrected chi connectivity index (χ1v) is 8.80. The summed E-state index contributed by atoms with van der Waals surface area (Å²) >= 11 is 0. The predicted octanol–water partition coefficient (Wildman–Crippen LogP) is 5.69. The second kappa shape index (κ2) is 7.41. The van der Waals surface area contributed by atoms with Gasteiger partial charge in [0.2, 0.25) is 5.95 Å². The van der Waals surface area contributed by atoms with E-state index in [0.717, 1.165) is 22.4 Å². The van der Waals surface area contributed by atoms with E-state index < -0.39 is 0 Å². The maximum absolute atomic E-state index is 13.1. The molecule has 4 nitrogen and oxygen atoms in total. The molecule has 134 valence electrons. The van der Waals surface area contributed by atoms with E-state index in [-0.39, 0.29) is 11.9 Å². The molecule has 4 aromatic rings. The lowest BCUT2D eigenvalue weighted by Crippen LogP contribution is -2.10. The Kier molecular flexibility index (Phi) is 4.66. The van der Waals surface area contributed by atoms with Crippen LogP contribution in [0.3, 0.4) is 0 Å². The fourth-order valence-electron chi connectivity index (χ4n) is 2.93. The van der Waals surface area contributed by atoms with Gasteiger partial charge in [-0.15, -0.1) is 0 Å². The van der Waals surface area contributed by atoms with Crippen LogP contribution >= 0.6 is 0 Å². The van der Waals surface area contributed by atoms with Crippen molar-refractivity contribution in [3.63, 3.8) is 0 Å². The molecule has 0 aliphatic heterocycles. The van der Waals surface area contributed by atoms with E-state index in [1.54, 1.807) is 12.1 Å². The molecule has 5 heteroatoms. The summed E-state index contributed by atoms with van der Waals surface area (Å²) in [5, 5.41) is 7.58. The standard InChI is InChI=1S/C22H19FN4/c1-15(16-7-3-2-4-8-16)24-21-19-9-5-6-10-20(19)26-22(27-21)25-18-13-11-17(23)12-14-18/h2-15H,1H3,(H2,24,25,26,27). The van der Waals surface area contributed by atoms with Gasteiger partial charge >= 0.3 is 0 Å². The molecule has 0 radical (unpaired) electrons. The lowest BCUT2D eigenvalue weighted by molar-refractivity contribution is 0.628. The summed E-state index contributed by atoms with van der Waals surface area (Å²) in [4.78, 5) is 9.23. The van der Waals surface area contributed by atoms with Gasteiger partial charge in [-0.25, -0.2) is 9.37 Å². The van der Waals surface area contributed by atoms with Crippen molar-refractivity contribution in [2.45, 2.75) is 13.0 Å². The van der Waals surface area contributed by atoms with Gasteiger partial charge in [0.1, 0.15) is 11.6 Å². The van der Waals surface area contributed by atoms with Gasteiger partial charge in [0.25, 0.3) is 0 Å². The van der Waals surface area contributed by atoms with Crippen molar-refractivity contribution in [2.75, 3.05) is 10.6 Å². The average molecular weight is 358 g/mol. The van der Waals surface area contributed by atoms with E-state index in [2.05, 4.69) is 39.7 Å². The van der Waals surface area contributed by atoms with Crippen LogP contribution in [0.15, 0.2) is 78.9 Å². The highest BCUT2D eigenvalue weighted by atomic mass is 19.1. The summed E-state index contributed by atoms with van der Waals surface area (Å²) in [7, 11) is 0. The molecule has 2 N–H and O–H groups in total. The van der Waals surface area contributed by atoms with Gasteiger partial charge in [0.05, 0.1) is 5.52 Å². The lowest BCUT2D eigenvalue weighted by Gasteiger charge is -2.17. The van der Waals surface area contributed by atoms with Crippen molar-refractivity contribution in [1.82, 2.24) is 9.97 Å². The van der Waals surface area contributed by atoms with E-state index in [4.69, 9.17) is 0 Å². The van der Waals surface area contributed by atoms with Crippen LogP contribution in [0.2, 0.25) is 0 Å². The van der Waals surface area contributed by atoms with E-state index in [1.807, 2.05) is 42.5 Å². The third kappa shape index (κ3) is 3.87. The fourth-order valence-corrected chi connectivity index (χ4v) is 2.93. The monoisotopic (exact) mass is 358 g/mol. The summed E-state index contributed by atoms with van der Waals surface area (Å²) < 4.78 is 13.1. The molecule has 1 atom stereocenters. The van der Waals surface area contributed by atoms with Crippen LogP contribution in [0, 0.1) is 5.82 Å². The zero-order chi connectivity index (χ0) is 18.6. The second-order valence-electron chi connectivity index (χ2n) is 6.32. The number of fused-ring (bicyclic) bond motifs is 1. The summed E-state index contributed by atoms with van der Waals surface area (Å²) in [5.41, 5.74) is 2.74. The largest absolute Gasteiger partial charge is 0.363 e. The number of benzene rings is 3. The molecule has 1 unspecified atom stereocenters. The Balaban J connectivity index is 1.69. The Hall–Kier alpha value is -3.47. The van der Waals surface area contributed by atoms with Gasteiger partial charge in [-0.3, -0.25) is 0 Å². The van der Waals surface area contributed by atoms with Crippen LogP contribution in [0.4, 0.5) is 21.8 Å². The quantitative estimate of drug-likeness (QED) is 0.481.